The van der Waals surface area contributed by atoms with Gasteiger partial charge in [-0.3, -0.25) is 4.79 Å². The van der Waals surface area contributed by atoms with E-state index in [2.05, 4.69) is 31.3 Å². The molecule has 0 atom stereocenters. The van der Waals surface area contributed by atoms with Crippen LogP contribution in [0.15, 0.2) is 24.3 Å². The predicted molar refractivity (Wildman–Crippen MR) is 78.5 cm³/mol. The summed E-state index contributed by atoms with van der Waals surface area (Å²) in [7, 11) is 1.99. The van der Waals surface area contributed by atoms with E-state index < -0.39 is 0 Å². The fraction of sp³-hybridized carbons (Fsp3) is 0.562. The van der Waals surface area contributed by atoms with Crippen LogP contribution < -0.4 is 5.32 Å². The van der Waals surface area contributed by atoms with E-state index in [1.165, 1.54) is 5.56 Å². The molecular weight excluding hydrogens is 236 g/mol. The van der Waals surface area contributed by atoms with Crippen LogP contribution in [0.4, 0.5) is 0 Å². The monoisotopic (exact) mass is 260 g/mol. The zero-order valence-electron chi connectivity index (χ0n) is 12.1. The highest BCUT2D eigenvalue weighted by Crippen LogP contribution is 2.17. The molecule has 0 aliphatic carbocycles. The highest BCUT2D eigenvalue weighted by molar-refractivity contribution is 5.94. The molecule has 0 spiro atoms. The maximum Gasteiger partial charge on any atom is 0.253 e. The van der Waals surface area contributed by atoms with Gasteiger partial charge in [0.05, 0.1) is 0 Å². The molecular formula is C16H24N2O. The van der Waals surface area contributed by atoms with Gasteiger partial charge in [0.1, 0.15) is 0 Å². The van der Waals surface area contributed by atoms with Gasteiger partial charge in [-0.05, 0) is 43.5 Å². The van der Waals surface area contributed by atoms with Gasteiger partial charge in [-0.1, -0.05) is 26.0 Å². The van der Waals surface area contributed by atoms with Gasteiger partial charge in [0.25, 0.3) is 5.91 Å². The topological polar surface area (TPSA) is 32.3 Å². The third kappa shape index (κ3) is 3.35. The van der Waals surface area contributed by atoms with E-state index in [0.717, 1.165) is 31.5 Å². The molecule has 1 aliphatic heterocycles. The number of benzene rings is 1. The van der Waals surface area contributed by atoms with Crippen molar-refractivity contribution < 1.29 is 4.79 Å². The summed E-state index contributed by atoms with van der Waals surface area (Å²) in [4.78, 5) is 14.4. The molecule has 1 saturated heterocycles. The van der Waals surface area contributed by atoms with E-state index in [-0.39, 0.29) is 5.91 Å². The van der Waals surface area contributed by atoms with Crippen molar-refractivity contribution in [2.75, 3.05) is 20.1 Å². The standard InChI is InChI=1S/C16H24N2O/c1-12(2)13-4-6-14(7-5-13)16(19)18-10-8-15(17-3)9-11-18/h4-7,12,15,17H,8-11H2,1-3H3. The van der Waals surface area contributed by atoms with Gasteiger partial charge in [0.2, 0.25) is 0 Å². The third-order valence-corrected chi connectivity index (χ3v) is 4.01. The fourth-order valence-corrected chi connectivity index (χ4v) is 2.56. The molecule has 104 valence electrons. The molecule has 19 heavy (non-hydrogen) atoms. The first-order chi connectivity index (χ1) is 9.11. The summed E-state index contributed by atoms with van der Waals surface area (Å²) in [6.45, 7) is 6.05. The van der Waals surface area contributed by atoms with Crippen LogP contribution >= 0.6 is 0 Å². The van der Waals surface area contributed by atoms with Crippen LogP contribution in [0.5, 0.6) is 0 Å². The average molecular weight is 260 g/mol. The second-order valence-corrected chi connectivity index (χ2v) is 5.63. The highest BCUT2D eigenvalue weighted by Gasteiger charge is 2.22. The Balaban J connectivity index is 2.00. The zero-order chi connectivity index (χ0) is 13.8. The van der Waals surface area contributed by atoms with Gasteiger partial charge < -0.3 is 10.2 Å². The van der Waals surface area contributed by atoms with E-state index >= 15 is 0 Å². The Kier molecular flexibility index (Phi) is 4.59. The van der Waals surface area contributed by atoms with E-state index in [1.807, 2.05) is 24.1 Å². The molecule has 0 bridgehead atoms. The molecule has 1 fully saturated rings. The Morgan fingerprint density at radius 3 is 2.26 bits per heavy atom. The normalized spacial score (nSPS) is 16.9. The van der Waals surface area contributed by atoms with Crippen molar-refractivity contribution in [2.24, 2.45) is 0 Å². The van der Waals surface area contributed by atoms with Crippen molar-refractivity contribution in [1.82, 2.24) is 10.2 Å². The molecule has 0 unspecified atom stereocenters. The Hall–Kier alpha value is -1.35. The molecule has 0 aromatic heterocycles. The maximum absolute atomic E-state index is 12.4. The summed E-state index contributed by atoms with van der Waals surface area (Å²) in [6.07, 6.45) is 2.10. The minimum absolute atomic E-state index is 0.171. The molecule has 0 saturated carbocycles. The number of amides is 1. The fourth-order valence-electron chi connectivity index (χ4n) is 2.56. The van der Waals surface area contributed by atoms with Crippen LogP contribution in [-0.4, -0.2) is 37.0 Å². The lowest BCUT2D eigenvalue weighted by molar-refractivity contribution is 0.0707. The predicted octanol–water partition coefficient (Wildman–Crippen LogP) is 2.63. The van der Waals surface area contributed by atoms with Crippen LogP contribution in [0.25, 0.3) is 0 Å². The molecule has 1 aromatic rings. The van der Waals surface area contributed by atoms with E-state index in [9.17, 15) is 4.79 Å². The molecule has 1 amide bonds. The second-order valence-electron chi connectivity index (χ2n) is 5.63. The Labute approximate surface area is 116 Å². The van der Waals surface area contributed by atoms with Gasteiger partial charge in [-0.2, -0.15) is 0 Å². The number of likely N-dealkylation sites (tertiary alicyclic amines) is 1. The first kappa shape index (κ1) is 14.1. The van der Waals surface area contributed by atoms with E-state index in [4.69, 9.17) is 0 Å². The van der Waals surface area contributed by atoms with E-state index in [0.29, 0.717) is 12.0 Å². The number of carbonyl (C=O) groups excluding carboxylic acids is 1. The van der Waals surface area contributed by atoms with Crippen molar-refractivity contribution in [1.29, 1.82) is 0 Å². The SMILES string of the molecule is CNC1CCN(C(=O)c2ccc(C(C)C)cc2)CC1. The molecule has 1 aliphatic rings. The smallest absolute Gasteiger partial charge is 0.253 e. The molecule has 1 aromatic carbocycles. The van der Waals surface area contributed by atoms with Crippen molar-refractivity contribution in [3.05, 3.63) is 35.4 Å². The molecule has 1 N–H and O–H groups in total. The molecule has 3 heteroatoms. The van der Waals surface area contributed by atoms with Crippen LogP contribution in [0.2, 0.25) is 0 Å². The van der Waals surface area contributed by atoms with Crippen LogP contribution in [-0.2, 0) is 0 Å². The van der Waals surface area contributed by atoms with Gasteiger partial charge in [-0.15, -0.1) is 0 Å². The third-order valence-electron chi connectivity index (χ3n) is 4.01. The minimum atomic E-state index is 0.171. The first-order valence-electron chi connectivity index (χ1n) is 7.18. The lowest BCUT2D eigenvalue weighted by atomic mass is 10.0. The number of hydrogen-bond donors (Lipinski definition) is 1. The number of carbonyl (C=O) groups is 1. The van der Waals surface area contributed by atoms with Crippen molar-refractivity contribution in [2.45, 2.75) is 38.6 Å². The Morgan fingerprint density at radius 2 is 1.79 bits per heavy atom. The van der Waals surface area contributed by atoms with Gasteiger partial charge in [0, 0.05) is 24.7 Å². The largest absolute Gasteiger partial charge is 0.339 e. The lowest BCUT2D eigenvalue weighted by Crippen LogP contribution is -2.43. The average Bonchev–Trinajstić information content (AvgIpc) is 2.46. The lowest BCUT2D eigenvalue weighted by Gasteiger charge is -2.31. The zero-order valence-corrected chi connectivity index (χ0v) is 12.1. The van der Waals surface area contributed by atoms with Gasteiger partial charge in [-0.25, -0.2) is 0 Å². The summed E-state index contributed by atoms with van der Waals surface area (Å²) in [6, 6.07) is 8.62. The number of rotatable bonds is 3. The van der Waals surface area contributed by atoms with Crippen LogP contribution in [0, 0.1) is 0 Å². The Bertz CT molecular complexity index is 417. The van der Waals surface area contributed by atoms with Gasteiger partial charge >= 0.3 is 0 Å². The molecule has 3 nitrogen and oxygen atoms in total. The second kappa shape index (κ2) is 6.20. The Morgan fingerprint density at radius 1 is 1.21 bits per heavy atom. The number of hydrogen-bond acceptors (Lipinski definition) is 2. The summed E-state index contributed by atoms with van der Waals surface area (Å²) < 4.78 is 0. The molecule has 1 heterocycles. The van der Waals surface area contributed by atoms with Crippen LogP contribution in [0.3, 0.4) is 0 Å². The summed E-state index contributed by atoms with van der Waals surface area (Å²) in [5.74, 6) is 0.681. The summed E-state index contributed by atoms with van der Waals surface area (Å²) in [5, 5.41) is 3.29. The first-order valence-corrected chi connectivity index (χ1v) is 7.18. The minimum Gasteiger partial charge on any atom is -0.339 e. The quantitative estimate of drug-likeness (QED) is 0.906. The molecule has 2 rings (SSSR count). The summed E-state index contributed by atoms with van der Waals surface area (Å²) >= 11 is 0. The molecule has 0 radical (unpaired) electrons. The number of piperidine rings is 1. The highest BCUT2D eigenvalue weighted by atomic mass is 16.2. The van der Waals surface area contributed by atoms with Crippen LogP contribution in [0.1, 0.15) is 48.5 Å². The van der Waals surface area contributed by atoms with Gasteiger partial charge in [0.15, 0.2) is 0 Å². The van der Waals surface area contributed by atoms with Crippen molar-refractivity contribution >= 4 is 5.91 Å². The van der Waals surface area contributed by atoms with E-state index in [1.54, 1.807) is 0 Å². The van der Waals surface area contributed by atoms with Crippen molar-refractivity contribution in [3.63, 3.8) is 0 Å². The van der Waals surface area contributed by atoms with Crippen molar-refractivity contribution in [3.8, 4) is 0 Å². The number of nitrogens with zero attached hydrogens (tertiary/aromatic N) is 1. The summed E-state index contributed by atoms with van der Waals surface area (Å²) in [5.41, 5.74) is 2.10. The number of nitrogens with one attached hydrogen (secondary N) is 1. The maximum atomic E-state index is 12.4.